The van der Waals surface area contributed by atoms with Crippen molar-refractivity contribution in [3.05, 3.63) is 47.5 Å². The van der Waals surface area contributed by atoms with Crippen molar-refractivity contribution in [1.82, 2.24) is 0 Å². The van der Waals surface area contributed by atoms with Crippen LogP contribution >= 0.6 is 0 Å². The van der Waals surface area contributed by atoms with Crippen molar-refractivity contribution in [2.24, 2.45) is 0 Å². The van der Waals surface area contributed by atoms with Gasteiger partial charge in [0.15, 0.2) is 5.78 Å². The van der Waals surface area contributed by atoms with Crippen LogP contribution in [0.25, 0.3) is 10.8 Å². The number of ketones is 1. The molecule has 88 valence electrons. The van der Waals surface area contributed by atoms with E-state index >= 15 is 0 Å². The Kier molecular flexibility index (Phi) is 3.55. The lowest BCUT2D eigenvalue weighted by atomic mass is 10.0. The van der Waals surface area contributed by atoms with Crippen molar-refractivity contribution in [2.45, 2.75) is 19.8 Å². The second kappa shape index (κ2) is 5.11. The molecule has 0 aliphatic heterocycles. The van der Waals surface area contributed by atoms with Crippen molar-refractivity contribution >= 4 is 16.6 Å². The minimum atomic E-state index is 0.0680. The largest absolute Gasteiger partial charge is 0.396 e. The molecule has 1 N–H and O–H groups in total. The van der Waals surface area contributed by atoms with E-state index in [4.69, 9.17) is 5.11 Å². The molecule has 0 aliphatic rings. The number of carbonyl (C=O) groups is 1. The Labute approximate surface area is 101 Å². The van der Waals surface area contributed by atoms with Crippen molar-refractivity contribution in [3.8, 4) is 0 Å². The number of fused-ring (bicyclic) bond motifs is 1. The van der Waals surface area contributed by atoms with Gasteiger partial charge in [0.25, 0.3) is 0 Å². The number of aliphatic hydroxyl groups excluding tert-OH is 1. The fourth-order valence-corrected chi connectivity index (χ4v) is 1.92. The van der Waals surface area contributed by atoms with Gasteiger partial charge in [0.05, 0.1) is 0 Å². The number of Topliss-reactive ketones (excluding diaryl/α,β-unsaturated/α-hetero) is 1. The summed E-state index contributed by atoms with van der Waals surface area (Å²) >= 11 is 0. The van der Waals surface area contributed by atoms with Gasteiger partial charge in [0, 0.05) is 18.6 Å². The fraction of sp³-hybridized carbons (Fsp3) is 0.267. The quantitative estimate of drug-likeness (QED) is 0.816. The third-order valence-electron chi connectivity index (χ3n) is 2.88. The Morgan fingerprint density at radius 2 is 1.82 bits per heavy atom. The molecule has 2 rings (SSSR count). The van der Waals surface area contributed by atoms with Crippen molar-refractivity contribution in [1.29, 1.82) is 0 Å². The van der Waals surface area contributed by atoms with Gasteiger partial charge in [-0.25, -0.2) is 0 Å². The third-order valence-corrected chi connectivity index (χ3v) is 2.88. The van der Waals surface area contributed by atoms with Crippen LogP contribution in [0.1, 0.15) is 28.8 Å². The Morgan fingerprint density at radius 1 is 1.12 bits per heavy atom. The van der Waals surface area contributed by atoms with Gasteiger partial charge >= 0.3 is 0 Å². The lowest BCUT2D eigenvalue weighted by molar-refractivity contribution is 0.0971. The van der Waals surface area contributed by atoms with Crippen LogP contribution in [0.5, 0.6) is 0 Å². The molecule has 0 fully saturated rings. The number of hydrogen-bond acceptors (Lipinski definition) is 2. The van der Waals surface area contributed by atoms with E-state index in [2.05, 4.69) is 13.0 Å². The first-order valence-electron chi connectivity index (χ1n) is 5.85. The molecule has 2 nitrogen and oxygen atoms in total. The van der Waals surface area contributed by atoms with Gasteiger partial charge in [-0.2, -0.15) is 0 Å². The Hall–Kier alpha value is -1.67. The van der Waals surface area contributed by atoms with Crippen LogP contribution in [0.4, 0.5) is 0 Å². The van der Waals surface area contributed by atoms with Gasteiger partial charge in [-0.05, 0) is 30.2 Å². The van der Waals surface area contributed by atoms with E-state index in [1.165, 1.54) is 5.56 Å². The number of carbonyl (C=O) groups excluding carboxylic acids is 1. The average molecular weight is 228 g/mol. The molecule has 2 aromatic rings. The maximum absolute atomic E-state index is 11.8. The first kappa shape index (κ1) is 11.8. The second-order valence-corrected chi connectivity index (χ2v) is 4.32. The third kappa shape index (κ3) is 2.71. The summed E-state index contributed by atoms with van der Waals surface area (Å²) in [6, 6.07) is 12.0. The monoisotopic (exact) mass is 228 g/mol. The first-order chi connectivity index (χ1) is 8.20. The number of rotatable bonds is 4. The molecule has 2 aromatic carbocycles. The molecular formula is C15H16O2. The van der Waals surface area contributed by atoms with Crippen LogP contribution in [-0.4, -0.2) is 17.5 Å². The molecule has 0 saturated carbocycles. The lowest BCUT2D eigenvalue weighted by Gasteiger charge is -2.03. The summed E-state index contributed by atoms with van der Waals surface area (Å²) in [5.41, 5.74) is 1.95. The predicted molar refractivity (Wildman–Crippen MR) is 69.3 cm³/mol. The van der Waals surface area contributed by atoms with E-state index < -0.39 is 0 Å². The normalized spacial score (nSPS) is 10.7. The van der Waals surface area contributed by atoms with Crippen LogP contribution in [-0.2, 0) is 0 Å². The van der Waals surface area contributed by atoms with Crippen molar-refractivity contribution < 1.29 is 9.90 Å². The molecule has 2 heteroatoms. The van der Waals surface area contributed by atoms with Gasteiger partial charge in [-0.3, -0.25) is 4.79 Å². The molecule has 0 amide bonds. The minimum absolute atomic E-state index is 0.0680. The van der Waals surface area contributed by atoms with E-state index in [0.717, 1.165) is 16.3 Å². The van der Waals surface area contributed by atoms with Gasteiger partial charge < -0.3 is 5.11 Å². The van der Waals surface area contributed by atoms with Crippen LogP contribution in [0.15, 0.2) is 36.4 Å². The molecular weight excluding hydrogens is 212 g/mol. The van der Waals surface area contributed by atoms with Crippen molar-refractivity contribution in [3.63, 3.8) is 0 Å². The number of aryl methyl sites for hydroxylation is 1. The summed E-state index contributed by atoms with van der Waals surface area (Å²) in [5.74, 6) is 0.0986. The molecule has 0 spiro atoms. The van der Waals surface area contributed by atoms with Crippen molar-refractivity contribution in [2.75, 3.05) is 6.61 Å². The Balaban J connectivity index is 2.31. The smallest absolute Gasteiger partial charge is 0.162 e. The van der Waals surface area contributed by atoms with Gasteiger partial charge in [-0.15, -0.1) is 0 Å². The molecule has 0 aromatic heterocycles. The minimum Gasteiger partial charge on any atom is -0.396 e. The van der Waals surface area contributed by atoms with Gasteiger partial charge in [0.1, 0.15) is 0 Å². The van der Waals surface area contributed by atoms with Crippen LogP contribution < -0.4 is 0 Å². The summed E-state index contributed by atoms with van der Waals surface area (Å²) in [6.07, 6.45) is 0.943. The zero-order chi connectivity index (χ0) is 12.3. The summed E-state index contributed by atoms with van der Waals surface area (Å²) in [4.78, 5) is 11.8. The first-order valence-corrected chi connectivity index (χ1v) is 5.85. The molecule has 0 saturated heterocycles. The molecule has 0 atom stereocenters. The predicted octanol–water partition coefficient (Wildman–Crippen LogP) is 3.10. The Bertz CT molecular complexity index is 544. The van der Waals surface area contributed by atoms with Gasteiger partial charge in [0.2, 0.25) is 0 Å². The van der Waals surface area contributed by atoms with E-state index in [9.17, 15) is 4.79 Å². The summed E-state index contributed by atoms with van der Waals surface area (Å²) in [7, 11) is 0. The fourth-order valence-electron chi connectivity index (χ4n) is 1.92. The molecule has 0 bridgehead atoms. The van der Waals surface area contributed by atoms with Crippen LogP contribution in [0.2, 0.25) is 0 Å². The van der Waals surface area contributed by atoms with Crippen LogP contribution in [0, 0.1) is 6.92 Å². The highest BCUT2D eigenvalue weighted by molar-refractivity contribution is 6.00. The second-order valence-electron chi connectivity index (χ2n) is 4.32. The van der Waals surface area contributed by atoms with Crippen LogP contribution in [0.3, 0.4) is 0 Å². The van der Waals surface area contributed by atoms with E-state index in [1.54, 1.807) is 0 Å². The maximum atomic E-state index is 11.8. The summed E-state index contributed by atoms with van der Waals surface area (Å²) < 4.78 is 0. The molecule has 0 heterocycles. The molecule has 0 radical (unpaired) electrons. The molecule has 17 heavy (non-hydrogen) atoms. The highest BCUT2D eigenvalue weighted by atomic mass is 16.3. The number of hydrogen-bond donors (Lipinski definition) is 1. The summed E-state index contributed by atoms with van der Waals surface area (Å²) in [5, 5.41) is 11.0. The highest BCUT2D eigenvalue weighted by Gasteiger charge is 2.06. The number of aliphatic hydroxyl groups is 1. The zero-order valence-corrected chi connectivity index (χ0v) is 9.94. The van der Waals surface area contributed by atoms with Gasteiger partial charge in [-0.1, -0.05) is 35.9 Å². The van der Waals surface area contributed by atoms with E-state index in [-0.39, 0.29) is 12.4 Å². The number of benzene rings is 2. The van der Waals surface area contributed by atoms with E-state index in [0.29, 0.717) is 12.8 Å². The topological polar surface area (TPSA) is 37.3 Å². The standard InChI is InChI=1S/C15H16O2/c1-11-4-5-13-10-14(7-6-12(13)9-11)15(17)3-2-8-16/h4-7,9-10,16H,2-3,8H2,1H3. The highest BCUT2D eigenvalue weighted by Crippen LogP contribution is 2.18. The lowest BCUT2D eigenvalue weighted by Crippen LogP contribution is -2.00. The summed E-state index contributed by atoms with van der Waals surface area (Å²) in [6.45, 7) is 2.12. The average Bonchev–Trinajstić information content (AvgIpc) is 2.35. The zero-order valence-electron chi connectivity index (χ0n) is 9.94. The Morgan fingerprint density at radius 3 is 2.59 bits per heavy atom. The SMILES string of the molecule is Cc1ccc2cc(C(=O)CCCO)ccc2c1. The van der Waals surface area contributed by atoms with E-state index in [1.807, 2.05) is 30.3 Å². The molecule has 0 aliphatic carbocycles. The molecule has 0 unspecified atom stereocenters. The maximum Gasteiger partial charge on any atom is 0.162 e.